The molecule has 1 atom stereocenters. The molecule has 0 bridgehead atoms. The number of hydrogen-bond acceptors (Lipinski definition) is 2. The predicted octanol–water partition coefficient (Wildman–Crippen LogP) is 6.65. The maximum absolute atomic E-state index is 14.8. The summed E-state index contributed by atoms with van der Waals surface area (Å²) in [6, 6.07) is 10.5. The third kappa shape index (κ3) is 4.44. The highest BCUT2D eigenvalue weighted by Crippen LogP contribution is 2.38. The van der Waals surface area contributed by atoms with Crippen molar-refractivity contribution in [3.8, 4) is 11.1 Å². The number of allylic oxidation sites excluding steroid dienone is 1. The van der Waals surface area contributed by atoms with Crippen LogP contribution in [0, 0.1) is 11.6 Å². The molecule has 4 heteroatoms. The summed E-state index contributed by atoms with van der Waals surface area (Å²) in [6.07, 6.45) is 6.10. The van der Waals surface area contributed by atoms with Crippen molar-refractivity contribution in [1.82, 2.24) is 0 Å². The number of ether oxygens (including phenoxy) is 1. The molecule has 0 amide bonds. The minimum absolute atomic E-state index is 0.0316. The molecule has 1 fully saturated rings. The van der Waals surface area contributed by atoms with Crippen molar-refractivity contribution < 1.29 is 18.6 Å². The molecule has 1 saturated carbocycles. The summed E-state index contributed by atoms with van der Waals surface area (Å²) in [5.41, 5.74) is 3.36. The summed E-state index contributed by atoms with van der Waals surface area (Å²) in [7, 11) is 1.63. The van der Waals surface area contributed by atoms with Crippen molar-refractivity contribution in [2.24, 2.45) is 0 Å². The predicted molar refractivity (Wildman–Crippen MR) is 108 cm³/mol. The van der Waals surface area contributed by atoms with Gasteiger partial charge in [-0.15, -0.1) is 0 Å². The summed E-state index contributed by atoms with van der Waals surface area (Å²) < 4.78 is 34.7. The van der Waals surface area contributed by atoms with Gasteiger partial charge in [-0.1, -0.05) is 49.7 Å². The smallest absolute Gasteiger partial charge is 0.166 e. The fourth-order valence-electron chi connectivity index (χ4n) is 4.01. The molecule has 1 N–H and O–H groups in total. The molecule has 1 unspecified atom stereocenters. The molecule has 150 valence electrons. The van der Waals surface area contributed by atoms with Crippen LogP contribution < -0.4 is 0 Å². The Kier molecular flexibility index (Phi) is 6.84. The number of hydrogen-bond donors (Lipinski definition) is 1. The van der Waals surface area contributed by atoms with Crippen LogP contribution in [0.2, 0.25) is 0 Å². The number of benzene rings is 2. The average molecular weight is 386 g/mol. The van der Waals surface area contributed by atoms with E-state index < -0.39 is 17.7 Å². The van der Waals surface area contributed by atoms with E-state index in [1.165, 1.54) is 5.57 Å². The van der Waals surface area contributed by atoms with Gasteiger partial charge in [-0.25, -0.2) is 8.78 Å². The minimum Gasteiger partial charge on any atom is -0.504 e. The van der Waals surface area contributed by atoms with Gasteiger partial charge >= 0.3 is 0 Å². The molecule has 0 spiro atoms. The van der Waals surface area contributed by atoms with Gasteiger partial charge in [-0.05, 0) is 60.3 Å². The van der Waals surface area contributed by atoms with Crippen molar-refractivity contribution in [2.45, 2.75) is 57.5 Å². The summed E-state index contributed by atoms with van der Waals surface area (Å²) in [5.74, 6) is -1.50. The fraction of sp³-hybridized carbons (Fsp3) is 0.417. The normalized spacial score (nSPS) is 18.0. The van der Waals surface area contributed by atoms with Crippen LogP contribution >= 0.6 is 0 Å². The molecule has 2 aromatic rings. The van der Waals surface area contributed by atoms with E-state index >= 15 is 0 Å². The molecule has 0 heterocycles. The van der Waals surface area contributed by atoms with Gasteiger partial charge in [0.1, 0.15) is 0 Å². The van der Waals surface area contributed by atoms with Crippen LogP contribution in [-0.4, -0.2) is 12.2 Å². The Balaban J connectivity index is 1.80. The maximum Gasteiger partial charge on any atom is 0.166 e. The van der Waals surface area contributed by atoms with Gasteiger partial charge in [0.15, 0.2) is 11.6 Å². The number of methoxy groups -OCH3 is 1. The third-order valence-corrected chi connectivity index (χ3v) is 5.63. The lowest BCUT2D eigenvalue weighted by atomic mass is 9.81. The number of aliphatic hydroxyl groups excluding tert-OH is 1. The van der Waals surface area contributed by atoms with Crippen molar-refractivity contribution in [1.29, 1.82) is 0 Å². The second-order valence-electron chi connectivity index (χ2n) is 7.54. The Hall–Kier alpha value is -2.20. The van der Waals surface area contributed by atoms with Crippen molar-refractivity contribution >= 4 is 0 Å². The van der Waals surface area contributed by atoms with Gasteiger partial charge < -0.3 is 9.84 Å². The van der Waals surface area contributed by atoms with E-state index in [1.54, 1.807) is 49.8 Å². The van der Waals surface area contributed by atoms with E-state index in [2.05, 4.69) is 0 Å². The largest absolute Gasteiger partial charge is 0.504 e. The van der Waals surface area contributed by atoms with Gasteiger partial charge in [0.25, 0.3) is 0 Å². The van der Waals surface area contributed by atoms with Crippen LogP contribution in [0.3, 0.4) is 0 Å². The Bertz CT molecular complexity index is 817. The van der Waals surface area contributed by atoms with Crippen LogP contribution in [0.15, 0.2) is 48.2 Å². The summed E-state index contributed by atoms with van der Waals surface area (Å²) in [4.78, 5) is 0. The molecule has 28 heavy (non-hydrogen) atoms. The summed E-state index contributed by atoms with van der Waals surface area (Å²) in [5, 5.41) is 10.1. The molecular formula is C24H28F2O2. The van der Waals surface area contributed by atoms with E-state index in [9.17, 15) is 13.9 Å². The van der Waals surface area contributed by atoms with Crippen molar-refractivity contribution in [3.05, 3.63) is 71.0 Å². The quantitative estimate of drug-likeness (QED) is 0.563. The van der Waals surface area contributed by atoms with E-state index in [1.807, 2.05) is 6.92 Å². The van der Waals surface area contributed by atoms with Crippen LogP contribution in [0.1, 0.15) is 68.6 Å². The van der Waals surface area contributed by atoms with Crippen LogP contribution in [-0.2, 0) is 4.74 Å². The van der Waals surface area contributed by atoms with Gasteiger partial charge in [-0.3, -0.25) is 0 Å². The minimum atomic E-state index is -0.794. The van der Waals surface area contributed by atoms with Crippen molar-refractivity contribution in [3.63, 3.8) is 0 Å². The first-order valence-electron chi connectivity index (χ1n) is 10.0. The molecule has 3 rings (SSSR count). The molecular weight excluding hydrogens is 358 g/mol. The molecule has 0 aliphatic heterocycles. The first-order valence-corrected chi connectivity index (χ1v) is 10.0. The van der Waals surface area contributed by atoms with Gasteiger partial charge in [0.2, 0.25) is 0 Å². The van der Waals surface area contributed by atoms with Gasteiger partial charge in [0.05, 0.1) is 19.5 Å². The Morgan fingerprint density at radius 1 is 1.07 bits per heavy atom. The first kappa shape index (κ1) is 20.5. The van der Waals surface area contributed by atoms with Crippen LogP contribution in [0.25, 0.3) is 11.1 Å². The zero-order valence-electron chi connectivity index (χ0n) is 16.6. The first-order chi connectivity index (χ1) is 13.5. The SMILES string of the molecule is CCCC(O)c1ccc(-c2ccc(C3CCC(=COC)CC3)c(F)c2F)cc1. The summed E-state index contributed by atoms with van der Waals surface area (Å²) >= 11 is 0. The second kappa shape index (κ2) is 9.33. The van der Waals surface area contributed by atoms with Gasteiger partial charge in [-0.2, -0.15) is 0 Å². The van der Waals surface area contributed by atoms with E-state index in [0.717, 1.165) is 37.7 Å². The maximum atomic E-state index is 14.8. The Morgan fingerprint density at radius 3 is 2.36 bits per heavy atom. The molecule has 0 aromatic heterocycles. The Morgan fingerprint density at radius 2 is 1.75 bits per heavy atom. The molecule has 1 aliphatic carbocycles. The third-order valence-electron chi connectivity index (χ3n) is 5.63. The second-order valence-corrected chi connectivity index (χ2v) is 7.54. The highest BCUT2D eigenvalue weighted by molar-refractivity contribution is 5.65. The number of halogens is 2. The van der Waals surface area contributed by atoms with Crippen LogP contribution in [0.5, 0.6) is 0 Å². The zero-order chi connectivity index (χ0) is 20.1. The molecule has 2 nitrogen and oxygen atoms in total. The lowest BCUT2D eigenvalue weighted by Gasteiger charge is -2.25. The molecule has 1 aliphatic rings. The average Bonchev–Trinajstić information content (AvgIpc) is 2.71. The molecule has 2 aromatic carbocycles. The van der Waals surface area contributed by atoms with Crippen LogP contribution in [0.4, 0.5) is 8.78 Å². The highest BCUT2D eigenvalue weighted by Gasteiger charge is 2.24. The lowest BCUT2D eigenvalue weighted by molar-refractivity contribution is 0.166. The number of aliphatic hydroxyl groups is 1. The fourth-order valence-corrected chi connectivity index (χ4v) is 4.01. The lowest BCUT2D eigenvalue weighted by Crippen LogP contribution is -2.10. The number of rotatable bonds is 6. The highest BCUT2D eigenvalue weighted by atomic mass is 19.2. The van der Waals surface area contributed by atoms with E-state index in [0.29, 0.717) is 17.5 Å². The monoisotopic (exact) mass is 386 g/mol. The Labute approximate surface area is 165 Å². The molecule has 0 saturated heterocycles. The topological polar surface area (TPSA) is 29.5 Å². The van der Waals surface area contributed by atoms with E-state index in [-0.39, 0.29) is 11.5 Å². The van der Waals surface area contributed by atoms with Crippen molar-refractivity contribution in [2.75, 3.05) is 7.11 Å². The molecule has 0 radical (unpaired) electrons. The van der Waals surface area contributed by atoms with E-state index in [4.69, 9.17) is 4.74 Å². The standard InChI is InChI=1S/C24H28F2O2/c1-3-4-22(27)19-11-9-18(10-12-19)21-14-13-20(23(25)24(21)26)17-7-5-16(6-8-17)15-28-2/h9-15,17,22,27H,3-8H2,1-2H3. The summed E-state index contributed by atoms with van der Waals surface area (Å²) in [6.45, 7) is 2.01. The zero-order valence-corrected chi connectivity index (χ0v) is 16.6. The van der Waals surface area contributed by atoms with Gasteiger partial charge in [0, 0.05) is 5.56 Å².